The zero-order chi connectivity index (χ0) is 38.2. The Hall–Kier alpha value is -5.68. The van der Waals surface area contributed by atoms with Gasteiger partial charge in [0, 0.05) is 47.2 Å². The van der Waals surface area contributed by atoms with Crippen LogP contribution in [0.1, 0.15) is 51.4 Å². The van der Waals surface area contributed by atoms with Crippen molar-refractivity contribution in [3.63, 3.8) is 0 Å². The van der Waals surface area contributed by atoms with Gasteiger partial charge >= 0.3 is 6.09 Å². The Kier molecular flexibility index (Phi) is 9.93. The zero-order valence-corrected chi connectivity index (χ0v) is 31.6. The lowest BCUT2D eigenvalue weighted by atomic mass is 9.94. The van der Waals surface area contributed by atoms with Crippen molar-refractivity contribution in [1.82, 2.24) is 29.4 Å². The number of aromatic nitrogens is 4. The minimum Gasteiger partial charge on any atom is -0.457 e. The van der Waals surface area contributed by atoms with Crippen molar-refractivity contribution >= 4 is 34.5 Å². The van der Waals surface area contributed by atoms with Gasteiger partial charge in [-0.25, -0.2) is 13.9 Å². The van der Waals surface area contributed by atoms with E-state index in [1.165, 1.54) is 17.0 Å². The highest BCUT2D eigenvalue weighted by atomic mass is 35.5. The number of hydrogen-bond acceptors (Lipinski definition) is 6. The monoisotopic (exact) mass is 748 g/mol. The lowest BCUT2D eigenvalue weighted by Gasteiger charge is -2.36. The molecule has 10 nitrogen and oxygen atoms in total. The maximum Gasteiger partial charge on any atom is 0.410 e. The largest absolute Gasteiger partial charge is 0.457 e. The van der Waals surface area contributed by atoms with Gasteiger partial charge in [0.25, 0.3) is 5.91 Å². The van der Waals surface area contributed by atoms with Gasteiger partial charge in [0.2, 0.25) is 0 Å². The lowest BCUT2D eigenvalue weighted by Crippen LogP contribution is -2.52. The fourth-order valence-electron chi connectivity index (χ4n) is 6.99. The maximum absolute atomic E-state index is 15.0. The van der Waals surface area contributed by atoms with Crippen LogP contribution < -0.4 is 4.74 Å². The molecule has 1 fully saturated rings. The van der Waals surface area contributed by atoms with Crippen molar-refractivity contribution in [2.45, 2.75) is 57.8 Å². The molecule has 54 heavy (non-hydrogen) atoms. The van der Waals surface area contributed by atoms with E-state index in [-0.39, 0.29) is 25.4 Å². The molecule has 0 aliphatic carbocycles. The Morgan fingerprint density at radius 3 is 2.44 bits per heavy atom. The van der Waals surface area contributed by atoms with Crippen molar-refractivity contribution in [2.24, 2.45) is 0 Å². The quantitative estimate of drug-likeness (QED) is 0.147. The topological polar surface area (TPSA) is 94.7 Å². The molecule has 2 unspecified atom stereocenters. The third-order valence-corrected chi connectivity index (χ3v) is 10.1. The van der Waals surface area contributed by atoms with Gasteiger partial charge in [0.1, 0.15) is 28.6 Å². The SMILES string of the molecule is CC(c1cc(F)ccc1Oc1ccc(Cl)cc1)N(C)C(=O)C1(n2cc(Cn3c(-c4ccccc4)cc4ccccc43)nn2)CCN(C(=O)OC(C)(C)C)C1. The van der Waals surface area contributed by atoms with Gasteiger partial charge in [-0.15, -0.1) is 5.10 Å². The molecule has 2 aromatic heterocycles. The molecule has 3 heterocycles. The number of rotatable bonds is 9. The third-order valence-electron chi connectivity index (χ3n) is 9.84. The van der Waals surface area contributed by atoms with Crippen molar-refractivity contribution in [1.29, 1.82) is 0 Å². The molecule has 4 aromatic carbocycles. The van der Waals surface area contributed by atoms with Crippen LogP contribution in [-0.2, 0) is 21.6 Å². The van der Waals surface area contributed by atoms with E-state index in [2.05, 4.69) is 45.2 Å². The van der Waals surface area contributed by atoms with Crippen molar-refractivity contribution in [3.8, 4) is 22.8 Å². The average molecular weight is 749 g/mol. The number of likely N-dealkylation sites (tertiary alicyclic amines) is 1. The van der Waals surface area contributed by atoms with Gasteiger partial charge < -0.3 is 23.8 Å². The lowest BCUT2D eigenvalue weighted by molar-refractivity contribution is -0.141. The first kappa shape index (κ1) is 36.7. The second-order valence-corrected chi connectivity index (χ2v) is 15.1. The number of nitrogens with zero attached hydrogens (tertiary/aromatic N) is 6. The van der Waals surface area contributed by atoms with Crippen LogP contribution in [0.3, 0.4) is 0 Å². The van der Waals surface area contributed by atoms with E-state index >= 15 is 0 Å². The fourth-order valence-corrected chi connectivity index (χ4v) is 7.11. The molecule has 1 aliphatic rings. The van der Waals surface area contributed by atoms with Crippen molar-refractivity contribution in [3.05, 3.63) is 131 Å². The molecular formula is C42H42ClFN6O4. The van der Waals surface area contributed by atoms with Crippen LogP contribution >= 0.6 is 11.6 Å². The predicted molar refractivity (Wildman–Crippen MR) is 206 cm³/mol. The van der Waals surface area contributed by atoms with Gasteiger partial charge in [-0.2, -0.15) is 0 Å². The summed E-state index contributed by atoms with van der Waals surface area (Å²) < 4.78 is 30.5. The standard InChI is InChI=1S/C42H42ClFN6O4/c1-28(35-24-32(44)17-20-38(35)53-34-18-15-31(43)16-19-34)47(5)39(51)42(21-22-48(27-42)40(52)54-41(2,3)4)50-26-33(45-46-50)25-49-36-14-10-9-13-30(36)23-37(49)29-11-7-6-8-12-29/h6-20,23-24,26,28H,21-22,25,27H2,1-5H3. The molecule has 7 rings (SSSR count). The van der Waals surface area contributed by atoms with Crippen LogP contribution in [0.25, 0.3) is 22.2 Å². The third kappa shape index (κ3) is 7.41. The number of likely N-dealkylation sites (N-methyl/N-ethyl adjacent to an activating group) is 1. The predicted octanol–water partition coefficient (Wildman–Crippen LogP) is 9.09. The van der Waals surface area contributed by atoms with Crippen LogP contribution in [0.5, 0.6) is 11.5 Å². The van der Waals surface area contributed by atoms with Gasteiger partial charge in [-0.1, -0.05) is 65.3 Å². The summed E-state index contributed by atoms with van der Waals surface area (Å²) in [5, 5.41) is 10.8. The molecule has 12 heteroatoms. The molecule has 2 amide bonds. The molecule has 0 saturated carbocycles. The van der Waals surface area contributed by atoms with E-state index in [1.807, 2.05) is 37.3 Å². The molecule has 1 saturated heterocycles. The molecule has 1 aliphatic heterocycles. The van der Waals surface area contributed by atoms with Crippen LogP contribution in [0.2, 0.25) is 5.02 Å². The first-order valence-corrected chi connectivity index (χ1v) is 18.2. The second kappa shape index (κ2) is 14.6. The van der Waals surface area contributed by atoms with Gasteiger partial charge in [-0.05, 0) is 87.9 Å². The zero-order valence-electron chi connectivity index (χ0n) is 30.9. The van der Waals surface area contributed by atoms with E-state index in [0.29, 0.717) is 34.3 Å². The minimum absolute atomic E-state index is 0.000392. The van der Waals surface area contributed by atoms with Crippen molar-refractivity contribution < 1.29 is 23.5 Å². The Labute approximate surface area is 318 Å². The summed E-state index contributed by atoms with van der Waals surface area (Å²) in [6.45, 7) is 7.86. The number of benzene rings is 4. The Morgan fingerprint density at radius 2 is 1.70 bits per heavy atom. The highest BCUT2D eigenvalue weighted by molar-refractivity contribution is 6.30. The summed E-state index contributed by atoms with van der Waals surface area (Å²) in [6.07, 6.45) is 1.52. The molecule has 2 atom stereocenters. The summed E-state index contributed by atoms with van der Waals surface area (Å²) in [5.74, 6) is 0.101. The van der Waals surface area contributed by atoms with Gasteiger partial charge in [0.05, 0.1) is 25.3 Å². The molecule has 6 aromatic rings. The van der Waals surface area contributed by atoms with Gasteiger partial charge in [0.15, 0.2) is 5.54 Å². The molecular weight excluding hydrogens is 707 g/mol. The van der Waals surface area contributed by atoms with Crippen LogP contribution in [0, 0.1) is 5.82 Å². The van der Waals surface area contributed by atoms with E-state index in [4.69, 9.17) is 21.1 Å². The number of fused-ring (bicyclic) bond motifs is 1. The highest BCUT2D eigenvalue weighted by Gasteiger charge is 2.51. The number of ether oxygens (including phenoxy) is 2. The normalized spacial score (nSPS) is 16.4. The summed E-state index contributed by atoms with van der Waals surface area (Å²) in [4.78, 5) is 31.4. The summed E-state index contributed by atoms with van der Waals surface area (Å²) in [7, 11) is 1.66. The second-order valence-electron chi connectivity index (χ2n) is 14.7. The first-order chi connectivity index (χ1) is 25.8. The first-order valence-electron chi connectivity index (χ1n) is 17.8. The van der Waals surface area contributed by atoms with E-state index in [9.17, 15) is 14.0 Å². The van der Waals surface area contributed by atoms with Crippen LogP contribution in [-0.4, -0.2) is 67.1 Å². The number of para-hydroxylation sites is 1. The number of halogens is 2. The minimum atomic E-state index is -1.34. The van der Waals surface area contributed by atoms with E-state index < -0.39 is 29.1 Å². The smallest absolute Gasteiger partial charge is 0.410 e. The van der Waals surface area contributed by atoms with Crippen LogP contribution in [0.4, 0.5) is 9.18 Å². The number of hydrogen-bond donors (Lipinski definition) is 0. The summed E-state index contributed by atoms with van der Waals surface area (Å²) >= 11 is 6.08. The molecule has 0 spiro atoms. The van der Waals surface area contributed by atoms with E-state index in [1.54, 1.807) is 73.9 Å². The van der Waals surface area contributed by atoms with Gasteiger partial charge in [-0.3, -0.25) is 4.79 Å². The average Bonchev–Trinajstić information content (AvgIpc) is 3.91. The Morgan fingerprint density at radius 1 is 0.981 bits per heavy atom. The fraction of sp³-hybridized carbons (Fsp3) is 0.286. The summed E-state index contributed by atoms with van der Waals surface area (Å²) in [5.41, 5.74) is 2.15. The molecule has 278 valence electrons. The Balaban J connectivity index is 1.24. The molecule has 0 N–H and O–H groups in total. The number of carbonyl (C=O) groups is 2. The van der Waals surface area contributed by atoms with Crippen LogP contribution in [0.15, 0.2) is 109 Å². The number of amides is 2. The van der Waals surface area contributed by atoms with Crippen molar-refractivity contribution in [2.75, 3.05) is 20.1 Å². The maximum atomic E-state index is 15.0. The molecule has 0 radical (unpaired) electrons. The summed E-state index contributed by atoms with van der Waals surface area (Å²) in [6, 6.07) is 30.9. The Bertz CT molecular complexity index is 2300. The molecule has 0 bridgehead atoms. The van der Waals surface area contributed by atoms with E-state index in [0.717, 1.165) is 22.2 Å². The highest BCUT2D eigenvalue weighted by Crippen LogP contribution is 2.38. The number of carbonyl (C=O) groups excluding carboxylic acids is 2.